The number of hydrogen-bond acceptors (Lipinski definition) is 4. The first-order valence-corrected chi connectivity index (χ1v) is 22.8. The van der Waals surface area contributed by atoms with Crippen molar-refractivity contribution in [1.29, 1.82) is 0 Å². The van der Waals surface area contributed by atoms with Crippen LogP contribution in [0.1, 0.15) is 65.1 Å². The smallest absolute Gasteiger partial charge is 0.211 e. The average Bonchev–Trinajstić information content (AvgIpc) is 3.36. The van der Waals surface area contributed by atoms with Crippen molar-refractivity contribution < 1.29 is 8.42 Å². The molecule has 0 saturated carbocycles. The Bertz CT molecular complexity index is 2190. The Balaban J connectivity index is 0.000000164. The van der Waals surface area contributed by atoms with E-state index in [1.54, 1.807) is 4.31 Å². The number of nitrogens with one attached hydrogen (secondary N) is 1. The van der Waals surface area contributed by atoms with Gasteiger partial charge < -0.3 is 10.6 Å². The molecule has 13 heteroatoms. The molecule has 2 aromatic carbocycles. The molecule has 1 aromatic heterocycles. The number of aromatic nitrogens is 1. The Morgan fingerprint density at radius 1 is 0.846 bits per heavy atom. The standard InChI is InChI=1S/C20H19Br2ClN2O2S.C19H16Br2ClN2/c1-28(26,27)25-6-4-12(5-7-25)19-18-13(9-16(23)10-17(18)22)2-3-14-8-15(21)11-24-20(14)19;20-14-7-13-2-1-12-8-15(22)9-16(21)17(12)18(19(13)24-10-14)11-3-5-23-6-4-11/h2-3,8-12,19H,4-7H2,1H3;1-2,7-11,23H,3-6H2/q;-1. The first kappa shape index (κ1) is 38.7. The van der Waals surface area contributed by atoms with E-state index < -0.39 is 10.0 Å². The molecule has 2 aliphatic carbocycles. The van der Waals surface area contributed by atoms with Gasteiger partial charge in [0.25, 0.3) is 0 Å². The van der Waals surface area contributed by atoms with Crippen LogP contribution in [0.2, 0.25) is 10.0 Å². The fourth-order valence-electron chi connectivity index (χ4n) is 7.87. The highest BCUT2D eigenvalue weighted by Crippen LogP contribution is 2.48. The highest BCUT2D eigenvalue weighted by Gasteiger charge is 2.36. The van der Waals surface area contributed by atoms with Crippen LogP contribution in [0.25, 0.3) is 29.1 Å². The van der Waals surface area contributed by atoms with Gasteiger partial charge in [0.1, 0.15) is 0 Å². The quantitative estimate of drug-likeness (QED) is 0.284. The van der Waals surface area contributed by atoms with Gasteiger partial charge in [0.05, 0.1) is 11.9 Å². The van der Waals surface area contributed by atoms with Crippen LogP contribution < -0.4 is 5.32 Å². The minimum absolute atomic E-state index is 0.0708. The topological polar surface area (TPSA) is 76.4 Å². The van der Waals surface area contributed by atoms with Crippen molar-refractivity contribution in [1.82, 2.24) is 14.6 Å². The maximum atomic E-state index is 11.9. The predicted octanol–water partition coefficient (Wildman–Crippen LogP) is 11.9. The summed E-state index contributed by atoms with van der Waals surface area (Å²) in [6.07, 6.45) is 19.4. The summed E-state index contributed by atoms with van der Waals surface area (Å²) in [6.45, 7) is 3.18. The van der Waals surface area contributed by atoms with Crippen LogP contribution >= 0.6 is 86.9 Å². The zero-order valence-corrected chi connectivity index (χ0v) is 36.8. The van der Waals surface area contributed by atoms with E-state index >= 15 is 0 Å². The second-order valence-electron chi connectivity index (χ2n) is 13.5. The van der Waals surface area contributed by atoms with Gasteiger partial charge in [-0.3, -0.25) is 4.98 Å². The Morgan fingerprint density at radius 2 is 1.50 bits per heavy atom. The third-order valence-electron chi connectivity index (χ3n) is 10.2. The van der Waals surface area contributed by atoms with Crippen molar-refractivity contribution in [3.63, 3.8) is 0 Å². The first-order valence-electron chi connectivity index (χ1n) is 17.1. The van der Waals surface area contributed by atoms with Crippen molar-refractivity contribution in [2.75, 3.05) is 32.4 Å². The minimum atomic E-state index is -3.16. The molecule has 1 atom stereocenters. The normalized spacial score (nSPS) is 20.6. The molecule has 4 heterocycles. The number of piperidine rings is 2. The van der Waals surface area contributed by atoms with Gasteiger partial charge in [0.2, 0.25) is 10.0 Å². The van der Waals surface area contributed by atoms with Gasteiger partial charge in [-0.05, 0) is 146 Å². The number of fused-ring (bicyclic) bond motifs is 4. The molecule has 0 radical (unpaired) electrons. The molecule has 2 fully saturated rings. The molecule has 3 aromatic rings. The molecule has 3 aliphatic heterocycles. The van der Waals surface area contributed by atoms with Gasteiger partial charge in [0, 0.05) is 48.7 Å². The number of nitrogens with zero attached hydrogens (tertiary/aromatic N) is 3. The lowest BCUT2D eigenvalue weighted by Crippen LogP contribution is -2.39. The van der Waals surface area contributed by atoms with Gasteiger partial charge >= 0.3 is 0 Å². The molecule has 1 N–H and O–H groups in total. The molecule has 0 amide bonds. The minimum Gasteiger partial charge on any atom is -0.662 e. The van der Waals surface area contributed by atoms with Crippen LogP contribution in [0.15, 0.2) is 84.1 Å². The summed E-state index contributed by atoms with van der Waals surface area (Å²) in [5.41, 5.74) is 10.3. The highest BCUT2D eigenvalue weighted by molar-refractivity contribution is 9.12. The number of halogens is 6. The molecular formula is C39H35Br4Cl2N4O2S-. The fourth-order valence-corrected chi connectivity index (χ4v) is 11.6. The van der Waals surface area contributed by atoms with Crippen molar-refractivity contribution in [3.05, 3.63) is 133 Å². The Hall–Kier alpha value is -1.54. The van der Waals surface area contributed by atoms with Gasteiger partial charge in [-0.1, -0.05) is 95.3 Å². The maximum Gasteiger partial charge on any atom is 0.211 e. The molecule has 0 spiro atoms. The number of benzene rings is 2. The number of pyridine rings is 1. The number of hydrogen-bond donors (Lipinski definition) is 1. The van der Waals surface area contributed by atoms with E-state index in [9.17, 15) is 8.42 Å². The summed E-state index contributed by atoms with van der Waals surface area (Å²) in [5.74, 6) is 0.859. The van der Waals surface area contributed by atoms with Crippen molar-refractivity contribution in [2.45, 2.75) is 31.6 Å². The third-order valence-corrected chi connectivity index (χ3v) is 14.1. The largest absolute Gasteiger partial charge is 0.662 e. The predicted molar refractivity (Wildman–Crippen MR) is 230 cm³/mol. The van der Waals surface area contributed by atoms with Crippen molar-refractivity contribution >= 4 is 121 Å². The summed E-state index contributed by atoms with van der Waals surface area (Å²) in [4.78, 5) is 4.78. The first-order chi connectivity index (χ1) is 24.9. The third kappa shape index (κ3) is 8.33. The zero-order chi connectivity index (χ0) is 36.7. The van der Waals surface area contributed by atoms with Crippen LogP contribution in [0, 0.1) is 11.8 Å². The van der Waals surface area contributed by atoms with E-state index in [4.69, 9.17) is 33.5 Å². The molecule has 2 saturated heterocycles. The number of allylic oxidation sites excluding steroid dienone is 4. The molecule has 52 heavy (non-hydrogen) atoms. The summed E-state index contributed by atoms with van der Waals surface area (Å²) >= 11 is 27.2. The maximum absolute atomic E-state index is 11.9. The second kappa shape index (κ2) is 16.3. The van der Waals surface area contributed by atoms with E-state index in [2.05, 4.69) is 105 Å². The van der Waals surface area contributed by atoms with Crippen molar-refractivity contribution in [2.24, 2.45) is 11.8 Å². The highest BCUT2D eigenvalue weighted by atomic mass is 79.9. The second-order valence-corrected chi connectivity index (χ2v) is 19.9. The van der Waals surface area contributed by atoms with E-state index in [0.29, 0.717) is 29.9 Å². The van der Waals surface area contributed by atoms with Gasteiger partial charge in [0.15, 0.2) is 0 Å². The van der Waals surface area contributed by atoms with E-state index in [1.165, 1.54) is 23.0 Å². The number of sulfonamides is 1. The zero-order valence-electron chi connectivity index (χ0n) is 28.2. The Morgan fingerprint density at radius 3 is 2.21 bits per heavy atom. The van der Waals surface area contributed by atoms with Gasteiger partial charge in [-0.15, -0.1) is 5.70 Å². The summed E-state index contributed by atoms with van der Waals surface area (Å²) in [5, 5.41) is 9.68. The van der Waals surface area contributed by atoms with Crippen molar-refractivity contribution in [3.8, 4) is 0 Å². The van der Waals surface area contributed by atoms with Crippen LogP contribution in [0.5, 0.6) is 0 Å². The van der Waals surface area contributed by atoms with Crippen LogP contribution in [-0.4, -0.2) is 50.1 Å². The van der Waals surface area contributed by atoms with E-state index in [0.717, 1.165) is 95.4 Å². The average molecular weight is 1010 g/mol. The molecule has 272 valence electrons. The molecule has 1 unspecified atom stereocenters. The van der Waals surface area contributed by atoms with E-state index in [1.807, 2.05) is 36.7 Å². The molecule has 8 rings (SSSR count). The Labute approximate surface area is 349 Å². The summed E-state index contributed by atoms with van der Waals surface area (Å²) < 4.78 is 29.4. The van der Waals surface area contributed by atoms with Crippen LogP contribution in [0.4, 0.5) is 0 Å². The number of rotatable bonds is 3. The molecule has 6 nitrogen and oxygen atoms in total. The SMILES string of the molecule is CS(=O)(=O)N1CCC(C2c3ncc(Br)cc3C=Cc3cc(Cl)cc(Br)c32)CC1.Clc1cc(Br)c2c(c1)C=CC1=CC(Br)=C[N-]C1=C2C1CCNCC1. The lowest BCUT2D eigenvalue weighted by Gasteiger charge is -2.36. The lowest BCUT2D eigenvalue weighted by atomic mass is 9.76. The van der Waals surface area contributed by atoms with Crippen LogP contribution in [0.3, 0.4) is 0 Å². The lowest BCUT2D eigenvalue weighted by molar-refractivity contribution is 0.256. The monoisotopic (exact) mass is 1010 g/mol. The molecule has 0 bridgehead atoms. The fraction of sp³-hybridized carbons (Fsp3) is 0.308. The molecule has 5 aliphatic rings. The van der Waals surface area contributed by atoms with E-state index in [-0.39, 0.29) is 5.92 Å². The van der Waals surface area contributed by atoms with Gasteiger partial charge in [-0.2, -0.15) is 6.20 Å². The van der Waals surface area contributed by atoms with Crippen LogP contribution in [-0.2, 0) is 10.0 Å². The molecular weight excluding hydrogens is 979 g/mol. The summed E-state index contributed by atoms with van der Waals surface area (Å²) in [7, 11) is -3.16. The van der Waals surface area contributed by atoms with Gasteiger partial charge in [-0.25, -0.2) is 12.7 Å². The Kier molecular flexibility index (Phi) is 12.1. The summed E-state index contributed by atoms with van der Waals surface area (Å²) in [6, 6.07) is 10.0.